The van der Waals surface area contributed by atoms with E-state index >= 15 is 0 Å². The van der Waals surface area contributed by atoms with E-state index in [9.17, 15) is 17.4 Å². The quantitative estimate of drug-likeness (QED) is 0.335. The van der Waals surface area contributed by atoms with Crippen molar-refractivity contribution < 1.29 is 31.4 Å². The summed E-state index contributed by atoms with van der Waals surface area (Å²) in [7, 11) is -5.41. The molecule has 0 radical (unpaired) electrons. The van der Waals surface area contributed by atoms with Gasteiger partial charge < -0.3 is 14.0 Å². The molecule has 0 unspecified atom stereocenters. The number of nitrogens with one attached hydrogen (secondary N) is 1. The highest BCUT2D eigenvalue weighted by atomic mass is 35.5. The maximum absolute atomic E-state index is 14.3. The minimum absolute atomic E-state index is 0.00227. The van der Waals surface area contributed by atoms with Gasteiger partial charge in [0.25, 0.3) is 0 Å². The van der Waals surface area contributed by atoms with Gasteiger partial charge in [0.15, 0.2) is 6.42 Å². The Morgan fingerprint density at radius 3 is 2.14 bits per heavy atom. The standard InChI is InChI=1S/C24H26ClFNO6PS/c1-16-8-11-19(12-9-16)35(29,30)27-17(2)20-14-18(25)10-13-21(20)33-34(28,15-26)24-22(31-3)6-5-7-23(24)32-4/h5-14,17,27H,15H2,1-4H3/t17-,34+/m1/s1. The second kappa shape index (κ2) is 11.0. The summed E-state index contributed by atoms with van der Waals surface area (Å²) in [6.07, 6.45) is -1.35. The highest BCUT2D eigenvalue weighted by Gasteiger charge is 2.36. The van der Waals surface area contributed by atoms with Gasteiger partial charge in [-0.3, -0.25) is 4.57 Å². The van der Waals surface area contributed by atoms with E-state index in [4.69, 9.17) is 25.6 Å². The van der Waals surface area contributed by atoms with E-state index in [1.165, 1.54) is 56.7 Å². The molecule has 0 spiro atoms. The van der Waals surface area contributed by atoms with Crippen molar-refractivity contribution >= 4 is 34.3 Å². The van der Waals surface area contributed by atoms with Crippen LogP contribution >= 0.6 is 19.0 Å². The lowest BCUT2D eigenvalue weighted by atomic mass is 10.1. The van der Waals surface area contributed by atoms with Crippen LogP contribution in [0.4, 0.5) is 4.39 Å². The smallest absolute Gasteiger partial charge is 0.314 e. The van der Waals surface area contributed by atoms with Gasteiger partial charge in [0, 0.05) is 16.6 Å². The Morgan fingerprint density at radius 1 is 1.00 bits per heavy atom. The summed E-state index contributed by atoms with van der Waals surface area (Å²) in [6.45, 7) is 3.43. The molecule has 0 saturated carbocycles. The maximum Gasteiger partial charge on any atom is 0.314 e. The van der Waals surface area contributed by atoms with Crippen LogP contribution in [0.3, 0.4) is 0 Å². The molecule has 11 heteroatoms. The van der Waals surface area contributed by atoms with Gasteiger partial charge in [-0.15, -0.1) is 0 Å². The van der Waals surface area contributed by atoms with Gasteiger partial charge in [0.05, 0.1) is 19.1 Å². The maximum atomic E-state index is 14.3. The van der Waals surface area contributed by atoms with Gasteiger partial charge in [-0.05, 0) is 56.3 Å². The van der Waals surface area contributed by atoms with Crippen LogP contribution < -0.4 is 24.0 Å². The van der Waals surface area contributed by atoms with E-state index in [0.29, 0.717) is 5.02 Å². The number of alkyl halides is 1. The zero-order valence-electron chi connectivity index (χ0n) is 19.6. The summed E-state index contributed by atoms with van der Waals surface area (Å²) in [6, 6.07) is 14.5. The predicted molar refractivity (Wildman–Crippen MR) is 135 cm³/mol. The minimum atomic E-state index is -4.22. The van der Waals surface area contributed by atoms with E-state index in [0.717, 1.165) is 5.56 Å². The summed E-state index contributed by atoms with van der Waals surface area (Å²) in [5, 5.41) is 0.236. The van der Waals surface area contributed by atoms with E-state index in [1.807, 2.05) is 6.92 Å². The van der Waals surface area contributed by atoms with Crippen LogP contribution in [0, 0.1) is 6.92 Å². The zero-order chi connectivity index (χ0) is 25.8. The summed E-state index contributed by atoms with van der Waals surface area (Å²) in [5.74, 6) is 0.269. The fourth-order valence-corrected chi connectivity index (χ4v) is 6.63. The molecule has 7 nitrogen and oxygen atoms in total. The monoisotopic (exact) mass is 541 g/mol. The lowest BCUT2D eigenvalue weighted by Crippen LogP contribution is -2.27. The molecule has 0 aliphatic rings. The highest BCUT2D eigenvalue weighted by Crippen LogP contribution is 2.52. The van der Waals surface area contributed by atoms with Crippen LogP contribution in [-0.2, 0) is 14.6 Å². The highest BCUT2D eigenvalue weighted by molar-refractivity contribution is 7.89. The van der Waals surface area contributed by atoms with Crippen molar-refractivity contribution in [3.8, 4) is 17.2 Å². The van der Waals surface area contributed by atoms with Crippen molar-refractivity contribution in [2.24, 2.45) is 0 Å². The predicted octanol–water partition coefficient (Wildman–Crippen LogP) is 5.61. The molecule has 35 heavy (non-hydrogen) atoms. The van der Waals surface area contributed by atoms with E-state index in [-0.39, 0.29) is 33.0 Å². The molecule has 0 aliphatic carbocycles. The van der Waals surface area contributed by atoms with E-state index in [1.54, 1.807) is 25.1 Å². The first-order chi connectivity index (χ1) is 16.5. The number of rotatable bonds is 10. The summed E-state index contributed by atoms with van der Waals surface area (Å²) >= 11 is 6.17. The number of benzene rings is 3. The SMILES string of the molecule is COc1cccc(OC)c1[P@](=O)(CF)Oc1ccc(Cl)cc1[C@@H](C)NS(=O)(=O)c1ccc(C)cc1. The summed E-state index contributed by atoms with van der Waals surface area (Å²) in [4.78, 5) is 0.0765. The Balaban J connectivity index is 2.02. The third kappa shape index (κ3) is 5.98. The van der Waals surface area contributed by atoms with Crippen LogP contribution in [0.5, 0.6) is 17.2 Å². The molecule has 0 fully saturated rings. The zero-order valence-corrected chi connectivity index (χ0v) is 22.1. The molecule has 0 heterocycles. The van der Waals surface area contributed by atoms with Crippen molar-refractivity contribution in [2.45, 2.75) is 24.8 Å². The molecule has 0 bridgehead atoms. The van der Waals surface area contributed by atoms with Gasteiger partial charge in [-0.25, -0.2) is 17.5 Å². The number of methoxy groups -OCH3 is 2. The van der Waals surface area contributed by atoms with Crippen molar-refractivity contribution in [2.75, 3.05) is 20.6 Å². The molecule has 1 N–H and O–H groups in total. The van der Waals surface area contributed by atoms with Crippen LogP contribution in [0.25, 0.3) is 0 Å². The van der Waals surface area contributed by atoms with Gasteiger partial charge >= 0.3 is 7.37 Å². The van der Waals surface area contributed by atoms with Crippen LogP contribution in [0.1, 0.15) is 24.1 Å². The molecule has 0 aliphatic heterocycles. The normalized spacial score (nSPS) is 14.1. The average Bonchev–Trinajstić information content (AvgIpc) is 2.84. The Hall–Kier alpha value is -2.58. The second-order valence-corrected chi connectivity index (χ2v) is 12.1. The number of sulfonamides is 1. The lowest BCUT2D eigenvalue weighted by Gasteiger charge is -2.24. The molecular weight excluding hydrogens is 516 g/mol. The topological polar surface area (TPSA) is 90.9 Å². The molecule has 3 rings (SSSR count). The van der Waals surface area contributed by atoms with Crippen molar-refractivity contribution in [1.29, 1.82) is 0 Å². The number of hydrogen-bond acceptors (Lipinski definition) is 6. The molecule has 188 valence electrons. The first-order valence-electron chi connectivity index (χ1n) is 10.5. The van der Waals surface area contributed by atoms with Crippen molar-refractivity contribution in [3.05, 3.63) is 76.8 Å². The third-order valence-corrected chi connectivity index (χ3v) is 8.97. The van der Waals surface area contributed by atoms with Gasteiger partial charge in [0.1, 0.15) is 22.6 Å². The first-order valence-corrected chi connectivity index (χ1v) is 14.2. The van der Waals surface area contributed by atoms with Crippen LogP contribution in [0.15, 0.2) is 65.6 Å². The fraction of sp³-hybridized carbons (Fsp3) is 0.250. The van der Waals surface area contributed by atoms with E-state index < -0.39 is 29.8 Å². The molecule has 3 aromatic rings. The molecule has 2 atom stereocenters. The Bertz CT molecular complexity index is 1330. The minimum Gasteiger partial charge on any atom is -0.496 e. The number of ether oxygens (including phenoxy) is 2. The molecule has 3 aromatic carbocycles. The van der Waals surface area contributed by atoms with E-state index in [2.05, 4.69) is 4.72 Å². The van der Waals surface area contributed by atoms with Crippen molar-refractivity contribution in [3.63, 3.8) is 0 Å². The van der Waals surface area contributed by atoms with Crippen molar-refractivity contribution in [1.82, 2.24) is 4.72 Å². The number of aryl methyl sites for hydroxylation is 1. The van der Waals surface area contributed by atoms with Crippen LogP contribution in [0.2, 0.25) is 5.02 Å². The Kier molecular flexibility index (Phi) is 8.49. The average molecular weight is 542 g/mol. The van der Waals surface area contributed by atoms with Crippen LogP contribution in [-0.4, -0.2) is 29.1 Å². The Morgan fingerprint density at radius 2 is 1.60 bits per heavy atom. The lowest BCUT2D eigenvalue weighted by molar-refractivity contribution is 0.395. The summed E-state index contributed by atoms with van der Waals surface area (Å²) < 4.78 is 72.9. The molecule has 0 amide bonds. The van der Waals surface area contributed by atoms with Gasteiger partial charge in [0.2, 0.25) is 10.0 Å². The third-order valence-electron chi connectivity index (χ3n) is 5.25. The van der Waals surface area contributed by atoms with Gasteiger partial charge in [-0.2, -0.15) is 0 Å². The second-order valence-electron chi connectivity index (χ2n) is 7.73. The number of hydrogen-bond donors (Lipinski definition) is 1. The van der Waals surface area contributed by atoms with Gasteiger partial charge in [-0.1, -0.05) is 35.4 Å². The number of halogens is 2. The molecule has 0 saturated heterocycles. The first kappa shape index (κ1) is 27.0. The fourth-order valence-electron chi connectivity index (χ4n) is 3.48. The Labute approximate surface area is 209 Å². The largest absolute Gasteiger partial charge is 0.496 e. The molecule has 0 aromatic heterocycles. The molecular formula is C24H26ClFNO6PS. The summed E-state index contributed by atoms with van der Waals surface area (Å²) in [5.41, 5.74) is 1.19.